The van der Waals surface area contributed by atoms with Crippen LogP contribution in [0, 0.1) is 10.1 Å². The predicted molar refractivity (Wildman–Crippen MR) is 143 cm³/mol. The van der Waals surface area contributed by atoms with Crippen LogP contribution in [-0.4, -0.2) is 38.0 Å². The maximum absolute atomic E-state index is 12.7. The second-order valence-corrected chi connectivity index (χ2v) is 10.3. The van der Waals surface area contributed by atoms with E-state index < -0.39 is 10.5 Å². The second kappa shape index (κ2) is 9.24. The third-order valence-electron chi connectivity index (χ3n) is 6.50. The van der Waals surface area contributed by atoms with Gasteiger partial charge in [0.1, 0.15) is 17.1 Å². The molecule has 2 heterocycles. The Kier molecular flexibility index (Phi) is 6.07. The van der Waals surface area contributed by atoms with Gasteiger partial charge in [0.2, 0.25) is 0 Å². The molecule has 1 aromatic heterocycles. The largest absolute Gasteiger partial charge is 0.444 e. The van der Waals surface area contributed by atoms with Crippen molar-refractivity contribution < 1.29 is 14.5 Å². The van der Waals surface area contributed by atoms with Gasteiger partial charge in [-0.25, -0.2) is 9.78 Å². The van der Waals surface area contributed by atoms with E-state index in [-0.39, 0.29) is 23.5 Å². The van der Waals surface area contributed by atoms with E-state index >= 15 is 0 Å². The predicted octanol–water partition coefficient (Wildman–Crippen LogP) is 6.46. The van der Waals surface area contributed by atoms with E-state index in [0.717, 1.165) is 51.8 Å². The highest BCUT2D eigenvalue weighted by Crippen LogP contribution is 2.34. The van der Waals surface area contributed by atoms with Crippen molar-refractivity contribution in [3.8, 4) is 22.4 Å². The number of nitrogens with two attached hydrogens (primary N) is 1. The minimum atomic E-state index is -0.547. The number of H-pyrrole nitrogens is 1. The van der Waals surface area contributed by atoms with Gasteiger partial charge < -0.3 is 15.5 Å². The number of nitrogen functional groups attached to an aromatic ring is 1. The average Bonchev–Trinajstić information content (AvgIpc) is 3.52. The first-order valence-corrected chi connectivity index (χ1v) is 12.2. The van der Waals surface area contributed by atoms with Gasteiger partial charge in [0, 0.05) is 18.2 Å². The third kappa shape index (κ3) is 4.97. The molecule has 0 aliphatic carbocycles. The Labute approximate surface area is 214 Å². The molecule has 9 heteroatoms. The lowest BCUT2D eigenvalue weighted by Crippen LogP contribution is -2.36. The van der Waals surface area contributed by atoms with E-state index in [2.05, 4.69) is 16.0 Å². The molecule has 0 radical (unpaired) electrons. The van der Waals surface area contributed by atoms with E-state index in [4.69, 9.17) is 10.5 Å². The number of nitro benzene ring substituents is 1. The molecule has 1 amide bonds. The Balaban J connectivity index is 1.38. The van der Waals surface area contributed by atoms with Gasteiger partial charge in [0.15, 0.2) is 0 Å². The number of hydrogen-bond donors (Lipinski definition) is 2. The second-order valence-electron chi connectivity index (χ2n) is 10.3. The third-order valence-corrected chi connectivity index (χ3v) is 6.50. The first kappa shape index (κ1) is 24.3. The fraction of sp³-hybridized carbons (Fsp3) is 0.286. The average molecular weight is 500 g/mol. The number of nitrogens with one attached hydrogen (secondary N) is 1. The van der Waals surface area contributed by atoms with Crippen molar-refractivity contribution in [2.75, 3.05) is 12.3 Å². The molecule has 1 atom stereocenters. The number of rotatable bonds is 4. The smallest absolute Gasteiger partial charge is 0.410 e. The number of nitrogens with zero attached hydrogens (tertiary/aromatic N) is 3. The minimum absolute atomic E-state index is 0.0973. The standard InChI is InChI=1S/C28H29N5O4/c1-28(2,3)37-27(34)32-12-4-5-25(32)26-30-16-23(31-26)21-9-8-17-13-18(6-7-19(17)14-21)20-10-11-24(33(35)36)22(29)15-20/h6-11,13-16,25H,4-5,12,29H2,1-3H3,(H,30,31)/t25-/m0/s1. The number of fused-ring (bicyclic) bond motifs is 1. The molecule has 3 aromatic carbocycles. The number of carbonyl (C=O) groups excluding carboxylic acids is 1. The number of benzene rings is 3. The number of aromatic nitrogens is 2. The molecule has 3 N–H and O–H groups in total. The highest BCUT2D eigenvalue weighted by atomic mass is 16.6. The topological polar surface area (TPSA) is 127 Å². The first-order valence-electron chi connectivity index (χ1n) is 12.2. The Morgan fingerprint density at radius 3 is 2.41 bits per heavy atom. The van der Waals surface area contributed by atoms with Gasteiger partial charge in [-0.3, -0.25) is 15.0 Å². The van der Waals surface area contributed by atoms with Crippen molar-refractivity contribution in [1.82, 2.24) is 14.9 Å². The number of imidazole rings is 1. The van der Waals surface area contributed by atoms with Crippen molar-refractivity contribution in [3.63, 3.8) is 0 Å². The summed E-state index contributed by atoms with van der Waals surface area (Å²) < 4.78 is 5.59. The molecule has 1 saturated heterocycles. The molecule has 0 bridgehead atoms. The van der Waals surface area contributed by atoms with Gasteiger partial charge in [-0.15, -0.1) is 0 Å². The van der Waals surface area contributed by atoms with Crippen LogP contribution in [0.4, 0.5) is 16.2 Å². The molecule has 4 aromatic rings. The van der Waals surface area contributed by atoms with Crippen LogP contribution in [0.15, 0.2) is 60.8 Å². The number of carbonyl (C=O) groups is 1. The summed E-state index contributed by atoms with van der Waals surface area (Å²) in [5, 5.41) is 13.1. The van der Waals surface area contributed by atoms with Gasteiger partial charge >= 0.3 is 6.09 Å². The number of amides is 1. The van der Waals surface area contributed by atoms with Crippen LogP contribution in [0.2, 0.25) is 0 Å². The van der Waals surface area contributed by atoms with Crippen molar-refractivity contribution in [2.45, 2.75) is 45.3 Å². The lowest BCUT2D eigenvalue weighted by molar-refractivity contribution is -0.383. The molecule has 5 rings (SSSR count). The normalized spacial score (nSPS) is 15.8. The SMILES string of the molecule is CC(C)(C)OC(=O)N1CCC[C@H]1c1ncc(-c2ccc3cc(-c4ccc([N+](=O)[O-])c(N)c4)ccc3c2)[nH]1. The van der Waals surface area contributed by atoms with E-state index in [1.54, 1.807) is 23.2 Å². The van der Waals surface area contributed by atoms with Gasteiger partial charge in [-0.05, 0) is 79.8 Å². The maximum Gasteiger partial charge on any atom is 0.410 e. The highest BCUT2D eigenvalue weighted by molar-refractivity contribution is 5.91. The van der Waals surface area contributed by atoms with Crippen LogP contribution in [0.25, 0.3) is 33.2 Å². The summed E-state index contributed by atoms with van der Waals surface area (Å²) in [4.78, 5) is 33.0. The molecule has 0 spiro atoms. The molecule has 1 fully saturated rings. The van der Waals surface area contributed by atoms with Crippen molar-refractivity contribution >= 4 is 28.2 Å². The lowest BCUT2D eigenvalue weighted by Gasteiger charge is -2.27. The van der Waals surface area contributed by atoms with E-state index in [1.165, 1.54) is 6.07 Å². The van der Waals surface area contributed by atoms with Crippen molar-refractivity contribution in [1.29, 1.82) is 0 Å². The number of ether oxygens (including phenoxy) is 1. The first-order chi connectivity index (χ1) is 17.6. The van der Waals surface area contributed by atoms with E-state index in [0.29, 0.717) is 6.54 Å². The van der Waals surface area contributed by atoms with Crippen molar-refractivity contribution in [2.24, 2.45) is 0 Å². The van der Waals surface area contributed by atoms with Gasteiger partial charge in [0.05, 0.1) is 22.9 Å². The van der Waals surface area contributed by atoms with Crippen LogP contribution in [0.5, 0.6) is 0 Å². The molecule has 1 aliphatic heterocycles. The zero-order valence-corrected chi connectivity index (χ0v) is 21.0. The molecule has 9 nitrogen and oxygen atoms in total. The number of anilines is 1. The number of hydrogen-bond acceptors (Lipinski definition) is 6. The summed E-state index contributed by atoms with van der Waals surface area (Å²) in [5.41, 5.74) is 8.98. The van der Waals surface area contributed by atoms with E-state index in [1.807, 2.05) is 51.1 Å². The Morgan fingerprint density at radius 2 is 1.73 bits per heavy atom. The van der Waals surface area contributed by atoms with Crippen LogP contribution < -0.4 is 5.73 Å². The Bertz CT molecular complexity index is 1500. The molecular formula is C28H29N5O4. The summed E-state index contributed by atoms with van der Waals surface area (Å²) in [6.07, 6.45) is 3.22. The van der Waals surface area contributed by atoms with Gasteiger partial charge in [0.25, 0.3) is 5.69 Å². The quantitative estimate of drug-likeness (QED) is 0.188. The number of nitro groups is 1. The molecule has 0 saturated carbocycles. The lowest BCUT2D eigenvalue weighted by atomic mass is 9.99. The van der Waals surface area contributed by atoms with Gasteiger partial charge in [-0.2, -0.15) is 0 Å². The molecular weight excluding hydrogens is 470 g/mol. The maximum atomic E-state index is 12.7. The van der Waals surface area contributed by atoms with Crippen LogP contribution in [-0.2, 0) is 4.74 Å². The Morgan fingerprint density at radius 1 is 1.08 bits per heavy atom. The molecule has 0 unspecified atom stereocenters. The van der Waals surface area contributed by atoms with Gasteiger partial charge in [-0.1, -0.05) is 24.3 Å². The monoisotopic (exact) mass is 499 g/mol. The van der Waals surface area contributed by atoms with Crippen LogP contribution in [0.3, 0.4) is 0 Å². The van der Waals surface area contributed by atoms with Crippen LogP contribution in [0.1, 0.15) is 45.5 Å². The fourth-order valence-corrected chi connectivity index (χ4v) is 4.74. The number of likely N-dealkylation sites (tertiary alicyclic amines) is 1. The Hall–Kier alpha value is -4.40. The summed E-state index contributed by atoms with van der Waals surface area (Å²) >= 11 is 0. The fourth-order valence-electron chi connectivity index (χ4n) is 4.74. The zero-order chi connectivity index (χ0) is 26.3. The van der Waals surface area contributed by atoms with E-state index in [9.17, 15) is 14.9 Å². The highest BCUT2D eigenvalue weighted by Gasteiger charge is 2.34. The summed E-state index contributed by atoms with van der Waals surface area (Å²) in [7, 11) is 0. The summed E-state index contributed by atoms with van der Waals surface area (Å²) in [5.74, 6) is 0.754. The molecule has 1 aliphatic rings. The zero-order valence-electron chi connectivity index (χ0n) is 21.0. The van der Waals surface area contributed by atoms with Crippen molar-refractivity contribution in [3.05, 3.63) is 76.7 Å². The summed E-state index contributed by atoms with van der Waals surface area (Å²) in [6.45, 7) is 6.25. The molecule has 190 valence electrons. The molecule has 37 heavy (non-hydrogen) atoms. The van der Waals surface area contributed by atoms with Crippen LogP contribution >= 0.6 is 0 Å². The number of aromatic amines is 1. The summed E-state index contributed by atoms with van der Waals surface area (Å²) in [6, 6.07) is 16.8. The minimum Gasteiger partial charge on any atom is -0.444 e.